The van der Waals surface area contributed by atoms with Crippen molar-refractivity contribution in [2.75, 3.05) is 12.4 Å². The lowest BCUT2D eigenvalue weighted by atomic mass is 9.82. The quantitative estimate of drug-likeness (QED) is 0.831. The van der Waals surface area contributed by atoms with Gasteiger partial charge in [-0.25, -0.2) is 0 Å². The van der Waals surface area contributed by atoms with Crippen molar-refractivity contribution in [3.8, 4) is 0 Å². The highest BCUT2D eigenvalue weighted by molar-refractivity contribution is 5.74. The van der Waals surface area contributed by atoms with Gasteiger partial charge in [0.1, 0.15) is 0 Å². The van der Waals surface area contributed by atoms with E-state index in [2.05, 4.69) is 68.6 Å². The van der Waals surface area contributed by atoms with Gasteiger partial charge in [0, 0.05) is 19.7 Å². The fraction of sp³-hybridized carbons (Fsp3) is 0.409. The second kappa shape index (κ2) is 6.55. The van der Waals surface area contributed by atoms with Gasteiger partial charge in [0.25, 0.3) is 0 Å². The summed E-state index contributed by atoms with van der Waals surface area (Å²) in [6.07, 6.45) is 0.876. The Morgan fingerprint density at radius 1 is 1.12 bits per heavy atom. The first-order valence-electron chi connectivity index (χ1n) is 8.96. The summed E-state index contributed by atoms with van der Waals surface area (Å²) in [7, 11) is 1.91. The Bertz CT molecular complexity index is 761. The fourth-order valence-corrected chi connectivity index (χ4v) is 3.52. The summed E-state index contributed by atoms with van der Waals surface area (Å²) in [5.74, 6) is 0.103. The second-order valence-corrected chi connectivity index (χ2v) is 8.04. The third-order valence-electron chi connectivity index (χ3n) is 5.23. The Kier molecular flexibility index (Phi) is 4.59. The maximum absolute atomic E-state index is 12.1. The Labute approximate surface area is 151 Å². The van der Waals surface area contributed by atoms with Crippen molar-refractivity contribution in [3.63, 3.8) is 0 Å². The molecule has 1 N–H and O–H groups in total. The molecule has 1 aliphatic rings. The SMILES string of the molecule is CC(=O)N(C)C1CC(c2ccccc2)Nc2ccc(C(C)(C)C)cc21. The minimum atomic E-state index is 0.0845. The van der Waals surface area contributed by atoms with Gasteiger partial charge in [-0.3, -0.25) is 4.79 Å². The molecule has 25 heavy (non-hydrogen) atoms. The van der Waals surface area contributed by atoms with Crippen molar-refractivity contribution >= 4 is 11.6 Å². The number of rotatable bonds is 2. The predicted octanol–water partition coefficient (Wildman–Crippen LogP) is 5.06. The first kappa shape index (κ1) is 17.5. The van der Waals surface area contributed by atoms with Crippen LogP contribution >= 0.6 is 0 Å². The van der Waals surface area contributed by atoms with Crippen LogP contribution in [0.15, 0.2) is 48.5 Å². The van der Waals surface area contributed by atoms with E-state index in [0.29, 0.717) is 0 Å². The number of fused-ring (bicyclic) bond motifs is 1. The number of anilines is 1. The highest BCUT2D eigenvalue weighted by atomic mass is 16.2. The molecule has 3 rings (SSSR count). The van der Waals surface area contributed by atoms with Crippen LogP contribution in [0.2, 0.25) is 0 Å². The zero-order chi connectivity index (χ0) is 18.2. The maximum Gasteiger partial charge on any atom is 0.219 e. The molecule has 3 heteroatoms. The highest BCUT2D eigenvalue weighted by Crippen LogP contribution is 2.43. The molecule has 0 aromatic heterocycles. The van der Waals surface area contributed by atoms with E-state index in [1.807, 2.05) is 18.0 Å². The van der Waals surface area contributed by atoms with Crippen LogP contribution in [0.25, 0.3) is 0 Å². The summed E-state index contributed by atoms with van der Waals surface area (Å²) in [4.78, 5) is 14.0. The molecule has 132 valence electrons. The average molecular weight is 336 g/mol. The lowest BCUT2D eigenvalue weighted by Gasteiger charge is -2.39. The molecule has 0 saturated heterocycles. The number of hydrogen-bond acceptors (Lipinski definition) is 2. The molecule has 0 radical (unpaired) electrons. The van der Waals surface area contributed by atoms with E-state index in [0.717, 1.165) is 12.1 Å². The molecule has 1 heterocycles. The van der Waals surface area contributed by atoms with Crippen molar-refractivity contribution in [1.82, 2.24) is 4.90 Å². The molecule has 2 aromatic carbocycles. The Balaban J connectivity index is 2.05. The largest absolute Gasteiger partial charge is 0.378 e. The molecule has 1 amide bonds. The van der Waals surface area contributed by atoms with Crippen LogP contribution in [0.4, 0.5) is 5.69 Å². The summed E-state index contributed by atoms with van der Waals surface area (Å²) in [5.41, 5.74) is 5.00. The first-order chi connectivity index (χ1) is 11.8. The van der Waals surface area contributed by atoms with E-state index in [4.69, 9.17) is 0 Å². The Hall–Kier alpha value is -2.29. The molecule has 0 fully saturated rings. The van der Waals surface area contributed by atoms with Crippen molar-refractivity contribution in [1.29, 1.82) is 0 Å². The van der Waals surface area contributed by atoms with E-state index in [-0.39, 0.29) is 23.4 Å². The van der Waals surface area contributed by atoms with Crippen LogP contribution in [0.1, 0.15) is 62.9 Å². The van der Waals surface area contributed by atoms with Gasteiger partial charge in [0.15, 0.2) is 0 Å². The van der Waals surface area contributed by atoms with E-state index in [1.54, 1.807) is 6.92 Å². The van der Waals surface area contributed by atoms with Gasteiger partial charge in [0.2, 0.25) is 5.91 Å². The summed E-state index contributed by atoms with van der Waals surface area (Å²) in [6, 6.07) is 17.4. The van der Waals surface area contributed by atoms with Crippen LogP contribution in [-0.4, -0.2) is 17.9 Å². The van der Waals surface area contributed by atoms with E-state index < -0.39 is 0 Å². The lowest BCUT2D eigenvalue weighted by molar-refractivity contribution is -0.130. The molecule has 0 saturated carbocycles. The van der Waals surface area contributed by atoms with Crippen molar-refractivity contribution < 1.29 is 4.79 Å². The predicted molar refractivity (Wildman–Crippen MR) is 104 cm³/mol. The number of benzene rings is 2. The van der Waals surface area contributed by atoms with Crippen molar-refractivity contribution in [2.45, 2.75) is 51.6 Å². The molecule has 1 aliphatic heterocycles. The number of carbonyl (C=O) groups is 1. The maximum atomic E-state index is 12.1. The lowest BCUT2D eigenvalue weighted by Crippen LogP contribution is -2.35. The number of nitrogens with zero attached hydrogens (tertiary/aromatic N) is 1. The van der Waals surface area contributed by atoms with E-state index in [9.17, 15) is 4.79 Å². The van der Waals surface area contributed by atoms with Gasteiger partial charge in [-0.1, -0.05) is 63.2 Å². The molecule has 2 aromatic rings. The van der Waals surface area contributed by atoms with Crippen LogP contribution in [0.5, 0.6) is 0 Å². The standard InChI is InChI=1S/C22H28N2O/c1-15(25)24(5)21-14-20(16-9-7-6-8-10-16)23-19-12-11-17(13-18(19)21)22(2,3)4/h6-13,20-21,23H,14H2,1-5H3. The number of nitrogens with one attached hydrogen (secondary N) is 1. The van der Waals surface area contributed by atoms with Gasteiger partial charge in [-0.15, -0.1) is 0 Å². The Morgan fingerprint density at radius 2 is 1.80 bits per heavy atom. The zero-order valence-corrected chi connectivity index (χ0v) is 15.8. The molecular formula is C22H28N2O. The second-order valence-electron chi connectivity index (χ2n) is 8.04. The molecule has 3 nitrogen and oxygen atoms in total. The smallest absolute Gasteiger partial charge is 0.219 e. The molecule has 0 spiro atoms. The molecule has 2 atom stereocenters. The molecule has 0 bridgehead atoms. The summed E-state index contributed by atoms with van der Waals surface area (Å²) < 4.78 is 0. The number of hydrogen-bond donors (Lipinski definition) is 1. The fourth-order valence-electron chi connectivity index (χ4n) is 3.52. The van der Waals surface area contributed by atoms with Crippen LogP contribution in [-0.2, 0) is 10.2 Å². The van der Waals surface area contributed by atoms with Gasteiger partial charge < -0.3 is 10.2 Å². The van der Waals surface area contributed by atoms with Crippen molar-refractivity contribution in [3.05, 3.63) is 65.2 Å². The highest BCUT2D eigenvalue weighted by Gasteiger charge is 2.32. The molecule has 2 unspecified atom stereocenters. The Morgan fingerprint density at radius 3 is 2.40 bits per heavy atom. The molecule has 0 aliphatic carbocycles. The summed E-state index contributed by atoms with van der Waals surface area (Å²) in [6.45, 7) is 8.32. The normalized spacial score (nSPS) is 19.7. The summed E-state index contributed by atoms with van der Waals surface area (Å²) in [5, 5.41) is 3.68. The summed E-state index contributed by atoms with van der Waals surface area (Å²) >= 11 is 0. The van der Waals surface area contributed by atoms with Crippen LogP contribution in [0.3, 0.4) is 0 Å². The van der Waals surface area contributed by atoms with Gasteiger partial charge in [0.05, 0.1) is 12.1 Å². The van der Waals surface area contributed by atoms with Gasteiger partial charge >= 0.3 is 0 Å². The van der Waals surface area contributed by atoms with Gasteiger partial charge in [-0.05, 0) is 34.6 Å². The van der Waals surface area contributed by atoms with Crippen LogP contribution in [0, 0.1) is 0 Å². The minimum absolute atomic E-state index is 0.0845. The number of carbonyl (C=O) groups excluding carboxylic acids is 1. The van der Waals surface area contributed by atoms with Crippen molar-refractivity contribution in [2.24, 2.45) is 0 Å². The van der Waals surface area contributed by atoms with E-state index >= 15 is 0 Å². The van der Waals surface area contributed by atoms with Gasteiger partial charge in [-0.2, -0.15) is 0 Å². The number of amides is 1. The minimum Gasteiger partial charge on any atom is -0.378 e. The third-order valence-corrected chi connectivity index (χ3v) is 5.23. The third kappa shape index (κ3) is 3.55. The van der Waals surface area contributed by atoms with E-state index in [1.165, 1.54) is 16.7 Å². The zero-order valence-electron chi connectivity index (χ0n) is 15.8. The van der Waals surface area contributed by atoms with Crippen LogP contribution < -0.4 is 5.32 Å². The topological polar surface area (TPSA) is 32.3 Å². The average Bonchev–Trinajstić information content (AvgIpc) is 2.59. The first-order valence-corrected chi connectivity index (χ1v) is 8.96. The monoisotopic (exact) mass is 336 g/mol. The molecular weight excluding hydrogens is 308 g/mol.